The van der Waals surface area contributed by atoms with Gasteiger partial charge < -0.3 is 8.83 Å². The minimum Gasteiger partial charge on any atom is -0.436 e. The molecule has 6 rings (SSSR count). The van der Waals surface area contributed by atoms with E-state index in [9.17, 15) is 0 Å². The Kier molecular flexibility index (Phi) is 4.88. The molecule has 0 saturated carbocycles. The molecule has 0 aliphatic carbocycles. The molecule has 0 aliphatic rings. The van der Waals surface area contributed by atoms with Gasteiger partial charge >= 0.3 is 0 Å². The molecule has 6 aromatic rings. The lowest BCUT2D eigenvalue weighted by molar-refractivity contribution is 0.584. The maximum Gasteiger partial charge on any atom is 0.227 e. The minimum absolute atomic E-state index is 0.0444. The smallest absolute Gasteiger partial charge is 0.227 e. The quantitative estimate of drug-likeness (QED) is 0.251. The Morgan fingerprint density at radius 3 is 1.33 bits per heavy atom. The Morgan fingerprint density at radius 1 is 0.528 bits per heavy atom. The molecule has 0 saturated heterocycles. The van der Waals surface area contributed by atoms with Gasteiger partial charge in [-0.25, -0.2) is 9.97 Å². The summed E-state index contributed by atoms with van der Waals surface area (Å²) in [7, 11) is 0. The number of rotatable bonds is 2. The summed E-state index contributed by atoms with van der Waals surface area (Å²) in [5.41, 5.74) is 7.78. The molecule has 180 valence electrons. The van der Waals surface area contributed by atoms with E-state index in [4.69, 9.17) is 18.8 Å². The SMILES string of the molecule is CC(C)(C)c1ccc2nc(-c3ccc(-c4nc5ccc(C(C)(C)C)cc5o4)c4ccccc34)oc2c1. The number of oxazole rings is 2. The van der Waals surface area contributed by atoms with Crippen LogP contribution in [0.3, 0.4) is 0 Å². The number of nitrogens with zero attached hydrogens (tertiary/aromatic N) is 2. The first-order chi connectivity index (χ1) is 17.1. The Hall–Kier alpha value is -3.92. The molecule has 2 aromatic heterocycles. The van der Waals surface area contributed by atoms with Crippen LogP contribution in [0.2, 0.25) is 0 Å². The van der Waals surface area contributed by atoms with Crippen LogP contribution in [-0.2, 0) is 10.8 Å². The van der Waals surface area contributed by atoms with Crippen molar-refractivity contribution in [2.75, 3.05) is 0 Å². The Morgan fingerprint density at radius 2 is 0.944 bits per heavy atom. The van der Waals surface area contributed by atoms with Gasteiger partial charge in [0.2, 0.25) is 11.8 Å². The third kappa shape index (κ3) is 3.78. The lowest BCUT2D eigenvalue weighted by Gasteiger charge is -2.18. The van der Waals surface area contributed by atoms with Crippen LogP contribution >= 0.6 is 0 Å². The summed E-state index contributed by atoms with van der Waals surface area (Å²) >= 11 is 0. The largest absolute Gasteiger partial charge is 0.436 e. The van der Waals surface area contributed by atoms with Crippen molar-refractivity contribution in [3.8, 4) is 22.9 Å². The lowest BCUT2D eigenvalue weighted by atomic mass is 9.87. The maximum atomic E-state index is 6.29. The van der Waals surface area contributed by atoms with Gasteiger partial charge in [-0.2, -0.15) is 0 Å². The van der Waals surface area contributed by atoms with E-state index in [0.717, 1.165) is 44.1 Å². The van der Waals surface area contributed by atoms with E-state index in [-0.39, 0.29) is 10.8 Å². The Labute approximate surface area is 211 Å². The highest BCUT2D eigenvalue weighted by Gasteiger charge is 2.20. The van der Waals surface area contributed by atoms with Gasteiger partial charge in [0.15, 0.2) is 11.2 Å². The molecule has 0 atom stereocenters. The van der Waals surface area contributed by atoms with E-state index in [1.54, 1.807) is 0 Å². The third-order valence-electron chi connectivity index (χ3n) is 6.89. The molecule has 2 heterocycles. The number of hydrogen-bond donors (Lipinski definition) is 0. The zero-order valence-corrected chi connectivity index (χ0v) is 21.6. The van der Waals surface area contributed by atoms with E-state index in [0.29, 0.717) is 11.8 Å². The Bertz CT molecular complexity index is 1630. The highest BCUT2D eigenvalue weighted by molar-refractivity contribution is 6.03. The molecule has 0 N–H and O–H groups in total. The Balaban J connectivity index is 1.48. The van der Waals surface area contributed by atoms with Gasteiger partial charge in [0, 0.05) is 11.1 Å². The molecule has 0 amide bonds. The molecule has 0 fully saturated rings. The number of benzene rings is 4. The van der Waals surface area contributed by atoms with Crippen molar-refractivity contribution in [2.24, 2.45) is 0 Å². The predicted octanol–water partition coefficient (Wildman–Crippen LogP) is 9.05. The van der Waals surface area contributed by atoms with Crippen molar-refractivity contribution in [3.05, 3.63) is 83.9 Å². The summed E-state index contributed by atoms with van der Waals surface area (Å²) in [5.74, 6) is 1.23. The first kappa shape index (κ1) is 22.5. The normalized spacial score (nSPS) is 12.7. The monoisotopic (exact) mass is 474 g/mol. The molecule has 4 nitrogen and oxygen atoms in total. The van der Waals surface area contributed by atoms with E-state index >= 15 is 0 Å². The van der Waals surface area contributed by atoms with Crippen LogP contribution in [0.1, 0.15) is 52.7 Å². The fraction of sp³-hybridized carbons (Fsp3) is 0.250. The highest BCUT2D eigenvalue weighted by Crippen LogP contribution is 2.38. The third-order valence-corrected chi connectivity index (χ3v) is 6.89. The van der Waals surface area contributed by atoms with Gasteiger partial charge in [0.05, 0.1) is 0 Å². The van der Waals surface area contributed by atoms with Crippen LogP contribution in [0, 0.1) is 0 Å². The van der Waals surface area contributed by atoms with Crippen LogP contribution in [0.15, 0.2) is 81.6 Å². The van der Waals surface area contributed by atoms with E-state index in [2.05, 4.69) is 90.1 Å². The van der Waals surface area contributed by atoms with Crippen LogP contribution < -0.4 is 0 Å². The first-order valence-corrected chi connectivity index (χ1v) is 12.4. The summed E-state index contributed by atoms with van der Waals surface area (Å²) in [5, 5.41) is 2.10. The van der Waals surface area contributed by atoms with Gasteiger partial charge in [-0.05, 0) is 69.1 Å². The topological polar surface area (TPSA) is 52.1 Å². The fourth-order valence-corrected chi connectivity index (χ4v) is 4.68. The first-order valence-electron chi connectivity index (χ1n) is 12.4. The second kappa shape index (κ2) is 7.79. The van der Waals surface area contributed by atoms with Crippen molar-refractivity contribution in [3.63, 3.8) is 0 Å². The number of fused-ring (bicyclic) bond motifs is 3. The van der Waals surface area contributed by atoms with Gasteiger partial charge in [-0.1, -0.05) is 77.9 Å². The van der Waals surface area contributed by atoms with Crippen molar-refractivity contribution in [1.29, 1.82) is 0 Å². The summed E-state index contributed by atoms with van der Waals surface area (Å²) < 4.78 is 12.6. The molecule has 4 aromatic carbocycles. The van der Waals surface area contributed by atoms with Crippen molar-refractivity contribution in [2.45, 2.75) is 52.4 Å². The van der Waals surface area contributed by atoms with Gasteiger partial charge in [-0.3, -0.25) is 0 Å². The molecule has 4 heteroatoms. The van der Waals surface area contributed by atoms with E-state index in [1.165, 1.54) is 11.1 Å². The molecular formula is C32H30N2O2. The molecule has 0 radical (unpaired) electrons. The summed E-state index contributed by atoms with van der Waals surface area (Å²) in [6, 6.07) is 25.0. The van der Waals surface area contributed by atoms with E-state index < -0.39 is 0 Å². The van der Waals surface area contributed by atoms with Crippen molar-refractivity contribution < 1.29 is 8.83 Å². The average Bonchev–Trinajstić information content (AvgIpc) is 3.45. The number of aromatic nitrogens is 2. The fourth-order valence-electron chi connectivity index (χ4n) is 4.68. The molecule has 0 spiro atoms. The second-order valence-corrected chi connectivity index (χ2v) is 11.6. The van der Waals surface area contributed by atoms with Gasteiger partial charge in [0.1, 0.15) is 11.0 Å². The second-order valence-electron chi connectivity index (χ2n) is 11.6. The molecule has 36 heavy (non-hydrogen) atoms. The molecular weight excluding hydrogens is 444 g/mol. The van der Waals surface area contributed by atoms with Crippen molar-refractivity contribution >= 4 is 33.0 Å². The minimum atomic E-state index is 0.0444. The number of hydrogen-bond acceptors (Lipinski definition) is 4. The standard InChI is InChI=1S/C32H30N2O2/c1-31(2,3)19-11-15-25-27(17-19)35-29(33-25)23-13-14-24(22-10-8-7-9-21(22)23)30-34-26-16-12-20(32(4,5)6)18-28(26)36-30/h7-18H,1-6H3. The lowest BCUT2D eigenvalue weighted by Crippen LogP contribution is -2.10. The van der Waals surface area contributed by atoms with Gasteiger partial charge in [-0.15, -0.1) is 0 Å². The molecule has 0 unspecified atom stereocenters. The van der Waals surface area contributed by atoms with Gasteiger partial charge in [0.25, 0.3) is 0 Å². The van der Waals surface area contributed by atoms with Crippen LogP contribution in [0.5, 0.6) is 0 Å². The van der Waals surface area contributed by atoms with Crippen LogP contribution in [0.4, 0.5) is 0 Å². The van der Waals surface area contributed by atoms with Crippen molar-refractivity contribution in [1.82, 2.24) is 9.97 Å². The molecule has 0 aliphatic heterocycles. The zero-order chi connectivity index (χ0) is 25.2. The summed E-state index contributed by atoms with van der Waals surface area (Å²) in [6.07, 6.45) is 0. The average molecular weight is 475 g/mol. The zero-order valence-electron chi connectivity index (χ0n) is 21.6. The molecule has 0 bridgehead atoms. The predicted molar refractivity (Wildman–Crippen MR) is 147 cm³/mol. The maximum absolute atomic E-state index is 6.29. The van der Waals surface area contributed by atoms with Crippen LogP contribution in [-0.4, -0.2) is 9.97 Å². The van der Waals surface area contributed by atoms with Crippen LogP contribution in [0.25, 0.3) is 55.9 Å². The van der Waals surface area contributed by atoms with E-state index in [1.807, 2.05) is 24.3 Å². The summed E-state index contributed by atoms with van der Waals surface area (Å²) in [6.45, 7) is 13.2. The summed E-state index contributed by atoms with van der Waals surface area (Å²) in [4.78, 5) is 9.64. The highest BCUT2D eigenvalue weighted by atomic mass is 16.4.